The van der Waals surface area contributed by atoms with Crippen molar-refractivity contribution in [1.29, 1.82) is 0 Å². The first-order chi connectivity index (χ1) is 5.82. The van der Waals surface area contributed by atoms with Gasteiger partial charge in [-0.05, 0) is 6.07 Å². The van der Waals surface area contributed by atoms with Crippen LogP contribution in [0.1, 0.15) is 0 Å². The minimum absolute atomic E-state index is 0. The van der Waals surface area contributed by atoms with Gasteiger partial charge in [-0.2, -0.15) is 8.42 Å². The molecule has 8 heteroatoms. The number of phenolic OH excluding ortho intramolecular Hbond substituents is 1. The molecule has 0 saturated carbocycles. The van der Waals surface area contributed by atoms with E-state index < -0.39 is 15.0 Å². The standard InChI is InChI=1S/C6H4Cl2O4S.Na.H/c7-3-2-6(13(10,11)12)4(8)1-5(3)9;;/h1-2,9H,(H,10,11,12);;. The molecule has 0 amide bonds. The van der Waals surface area contributed by atoms with Crippen LogP contribution in [-0.4, -0.2) is 47.6 Å². The number of phenols is 1. The topological polar surface area (TPSA) is 74.6 Å². The van der Waals surface area contributed by atoms with Crippen LogP contribution in [0, 0.1) is 0 Å². The summed E-state index contributed by atoms with van der Waals surface area (Å²) < 4.78 is 29.9. The summed E-state index contributed by atoms with van der Waals surface area (Å²) in [5.74, 6) is -0.348. The van der Waals surface area contributed by atoms with Gasteiger partial charge in [0.2, 0.25) is 0 Å². The van der Waals surface area contributed by atoms with Gasteiger partial charge in [0.1, 0.15) is 10.6 Å². The molecule has 0 heterocycles. The van der Waals surface area contributed by atoms with Crippen molar-refractivity contribution in [3.63, 3.8) is 0 Å². The van der Waals surface area contributed by atoms with Crippen molar-refractivity contribution >= 4 is 62.9 Å². The van der Waals surface area contributed by atoms with E-state index in [1.54, 1.807) is 0 Å². The molecule has 0 aromatic heterocycles. The molecule has 1 aromatic carbocycles. The molecule has 0 fully saturated rings. The Labute approximate surface area is 113 Å². The Kier molecular flexibility index (Phi) is 5.21. The number of aromatic hydroxyl groups is 1. The van der Waals surface area contributed by atoms with Crippen molar-refractivity contribution < 1.29 is 18.1 Å². The molecule has 2 N–H and O–H groups in total. The summed E-state index contributed by atoms with van der Waals surface area (Å²) in [5, 5.41) is 8.51. The van der Waals surface area contributed by atoms with Crippen LogP contribution in [0.4, 0.5) is 0 Å². The Hall–Kier alpha value is 0.510. The van der Waals surface area contributed by atoms with E-state index in [-0.39, 0.29) is 45.4 Å². The summed E-state index contributed by atoms with van der Waals surface area (Å²) in [7, 11) is -4.40. The quantitative estimate of drug-likeness (QED) is 0.594. The Bertz CT molecular complexity index is 445. The molecule has 0 aliphatic heterocycles. The van der Waals surface area contributed by atoms with E-state index in [1.807, 2.05) is 0 Å². The van der Waals surface area contributed by atoms with Gasteiger partial charge >= 0.3 is 29.6 Å². The van der Waals surface area contributed by atoms with Crippen LogP contribution < -0.4 is 0 Å². The predicted octanol–water partition coefficient (Wildman–Crippen LogP) is 1.30. The first-order valence-corrected chi connectivity index (χ1v) is 5.17. The van der Waals surface area contributed by atoms with Crippen LogP contribution in [0.5, 0.6) is 5.75 Å². The zero-order valence-electron chi connectivity index (χ0n) is 6.03. The van der Waals surface area contributed by atoms with Crippen molar-refractivity contribution in [2.45, 2.75) is 4.90 Å². The van der Waals surface area contributed by atoms with E-state index in [4.69, 9.17) is 32.9 Å². The summed E-state index contributed by atoms with van der Waals surface area (Å²) in [6, 6.07) is 1.81. The summed E-state index contributed by atoms with van der Waals surface area (Å²) in [6.45, 7) is 0. The normalized spacial score (nSPS) is 10.8. The molecule has 0 aliphatic carbocycles. The molecule has 0 saturated heterocycles. The fourth-order valence-electron chi connectivity index (χ4n) is 0.716. The van der Waals surface area contributed by atoms with Gasteiger partial charge in [-0.15, -0.1) is 0 Å². The number of hydrogen-bond donors (Lipinski definition) is 2. The summed E-state index contributed by atoms with van der Waals surface area (Å²) >= 11 is 10.8. The Balaban J connectivity index is 0.00000169. The van der Waals surface area contributed by atoms with Crippen molar-refractivity contribution in [3.05, 3.63) is 22.2 Å². The van der Waals surface area contributed by atoms with Crippen LogP contribution in [-0.2, 0) is 10.1 Å². The Morgan fingerprint density at radius 3 is 2.07 bits per heavy atom. The van der Waals surface area contributed by atoms with E-state index in [1.165, 1.54) is 0 Å². The van der Waals surface area contributed by atoms with E-state index in [0.29, 0.717) is 0 Å². The van der Waals surface area contributed by atoms with Gasteiger partial charge in [0.05, 0.1) is 10.0 Å². The van der Waals surface area contributed by atoms with Gasteiger partial charge in [0, 0.05) is 6.07 Å². The van der Waals surface area contributed by atoms with Crippen LogP contribution in [0.2, 0.25) is 10.0 Å². The summed E-state index contributed by atoms with van der Waals surface area (Å²) in [6.07, 6.45) is 0. The molecule has 0 spiro atoms. The number of benzene rings is 1. The average molecular weight is 267 g/mol. The number of hydrogen-bond acceptors (Lipinski definition) is 3. The van der Waals surface area contributed by atoms with E-state index in [2.05, 4.69) is 0 Å². The molecule has 0 aliphatic rings. The van der Waals surface area contributed by atoms with Crippen molar-refractivity contribution in [2.24, 2.45) is 0 Å². The van der Waals surface area contributed by atoms with Gasteiger partial charge in [0.15, 0.2) is 0 Å². The van der Waals surface area contributed by atoms with Crippen LogP contribution in [0.25, 0.3) is 0 Å². The second kappa shape index (κ2) is 5.03. The third-order valence-corrected chi connectivity index (χ3v) is 2.90. The molecule has 74 valence electrons. The zero-order chi connectivity index (χ0) is 10.2. The second-order valence-electron chi connectivity index (χ2n) is 2.21. The average Bonchev–Trinajstić information content (AvgIpc) is 1.94. The van der Waals surface area contributed by atoms with Gasteiger partial charge in [0.25, 0.3) is 10.1 Å². The third-order valence-electron chi connectivity index (χ3n) is 1.28. The predicted molar refractivity (Wildman–Crippen MR) is 55.1 cm³/mol. The van der Waals surface area contributed by atoms with Gasteiger partial charge in [-0.3, -0.25) is 4.55 Å². The van der Waals surface area contributed by atoms with Gasteiger partial charge in [-0.1, -0.05) is 23.2 Å². The molecule has 0 unspecified atom stereocenters. The van der Waals surface area contributed by atoms with Crippen molar-refractivity contribution in [3.8, 4) is 5.75 Å². The van der Waals surface area contributed by atoms with Crippen molar-refractivity contribution in [2.75, 3.05) is 0 Å². The maximum absolute atomic E-state index is 10.6. The Morgan fingerprint density at radius 1 is 1.14 bits per heavy atom. The SMILES string of the molecule is O=S(=O)(O)c1cc(Cl)c(O)cc1Cl.[NaH]. The van der Waals surface area contributed by atoms with E-state index in [0.717, 1.165) is 12.1 Å². The second-order valence-corrected chi connectivity index (χ2v) is 4.41. The van der Waals surface area contributed by atoms with Crippen LogP contribution >= 0.6 is 23.2 Å². The minimum atomic E-state index is -4.40. The number of rotatable bonds is 1. The molecule has 0 atom stereocenters. The monoisotopic (exact) mass is 266 g/mol. The van der Waals surface area contributed by atoms with E-state index in [9.17, 15) is 8.42 Å². The maximum atomic E-state index is 10.6. The molecular weight excluding hydrogens is 262 g/mol. The Morgan fingerprint density at radius 2 is 1.64 bits per heavy atom. The fraction of sp³-hybridized carbons (Fsp3) is 0. The molecule has 0 radical (unpaired) electrons. The molecule has 4 nitrogen and oxygen atoms in total. The molecule has 1 aromatic rings. The van der Waals surface area contributed by atoms with Crippen molar-refractivity contribution in [1.82, 2.24) is 0 Å². The van der Waals surface area contributed by atoms with Gasteiger partial charge < -0.3 is 5.11 Å². The molecule has 0 bridgehead atoms. The van der Waals surface area contributed by atoms with E-state index >= 15 is 0 Å². The third kappa shape index (κ3) is 3.27. The molecule has 14 heavy (non-hydrogen) atoms. The molecule has 1 rings (SSSR count). The fourth-order valence-corrected chi connectivity index (χ4v) is 1.97. The van der Waals surface area contributed by atoms with Crippen LogP contribution in [0.3, 0.4) is 0 Å². The first-order valence-electron chi connectivity index (χ1n) is 2.98. The summed E-state index contributed by atoms with van der Waals surface area (Å²) in [5.41, 5.74) is 0. The van der Waals surface area contributed by atoms with Crippen LogP contribution in [0.15, 0.2) is 17.0 Å². The zero-order valence-corrected chi connectivity index (χ0v) is 8.36. The van der Waals surface area contributed by atoms with Gasteiger partial charge in [-0.25, -0.2) is 0 Å². The molecular formula is C6H5Cl2NaO4S. The first kappa shape index (κ1) is 14.5. The summed E-state index contributed by atoms with van der Waals surface area (Å²) in [4.78, 5) is -0.531. The number of halogens is 2.